The molecule has 5 nitrogen and oxygen atoms in total. The number of carboxylic acids is 1. The first-order valence-electron chi connectivity index (χ1n) is 4.84. The monoisotopic (exact) mass is 250 g/mol. The Balaban J connectivity index is 0.00000128. The molecule has 1 aromatic rings. The molecule has 0 fully saturated rings. The summed E-state index contributed by atoms with van der Waals surface area (Å²) in [5.41, 5.74) is 1.23. The summed E-state index contributed by atoms with van der Waals surface area (Å²) in [6.45, 7) is 6.55. The van der Waals surface area contributed by atoms with Crippen LogP contribution in [0.2, 0.25) is 0 Å². The van der Waals surface area contributed by atoms with Crippen molar-refractivity contribution in [1.29, 1.82) is 0 Å². The van der Waals surface area contributed by atoms with E-state index in [9.17, 15) is 4.79 Å². The average molecular weight is 250 g/mol. The predicted molar refractivity (Wildman–Crippen MR) is 53.9 cm³/mol. The number of carboxylic acid groups (broad SMARTS) is 1. The van der Waals surface area contributed by atoms with Crippen LogP contribution in [0.4, 0.5) is 0 Å². The van der Waals surface area contributed by atoms with Gasteiger partial charge in [-0.25, -0.2) is 4.79 Å². The molecule has 1 aliphatic rings. The smallest absolute Gasteiger partial charge is 1.00 e. The summed E-state index contributed by atoms with van der Waals surface area (Å²) in [6, 6.07) is 0. The maximum absolute atomic E-state index is 11.0. The van der Waals surface area contributed by atoms with Crippen molar-refractivity contribution < 1.29 is 67.4 Å². The molecule has 0 saturated heterocycles. The van der Waals surface area contributed by atoms with Gasteiger partial charge in [0.05, 0.1) is 30.1 Å². The van der Waals surface area contributed by atoms with E-state index in [4.69, 9.17) is 9.84 Å². The number of aromatic nitrogens is 2. The van der Waals surface area contributed by atoms with Crippen LogP contribution in [0.1, 0.15) is 37.0 Å². The SMILES string of the molecule is Cc1nn2c(c1C(=O)O)COC(C)(C)C2.[H-].[K+]. The number of fused-ring (bicyclic) bond motifs is 1. The molecule has 84 valence electrons. The van der Waals surface area contributed by atoms with E-state index in [0.717, 1.165) is 0 Å². The van der Waals surface area contributed by atoms with Crippen LogP contribution in [0.15, 0.2) is 0 Å². The van der Waals surface area contributed by atoms with Gasteiger partial charge < -0.3 is 11.3 Å². The zero-order valence-electron chi connectivity index (χ0n) is 11.1. The molecule has 1 aromatic heterocycles. The van der Waals surface area contributed by atoms with Crippen molar-refractivity contribution >= 4 is 5.97 Å². The third kappa shape index (κ3) is 2.57. The normalized spacial score (nSPS) is 17.4. The Bertz CT molecular complexity index is 431. The summed E-state index contributed by atoms with van der Waals surface area (Å²) in [4.78, 5) is 11.0. The van der Waals surface area contributed by atoms with Crippen LogP contribution in [-0.2, 0) is 17.9 Å². The van der Waals surface area contributed by atoms with Crippen LogP contribution in [0.25, 0.3) is 0 Å². The van der Waals surface area contributed by atoms with Gasteiger partial charge in [-0.1, -0.05) is 0 Å². The average Bonchev–Trinajstić information content (AvgIpc) is 2.37. The number of carbonyl (C=O) groups is 1. The zero-order valence-corrected chi connectivity index (χ0v) is 13.2. The molecule has 0 aliphatic carbocycles. The molecule has 1 N–H and O–H groups in total. The second-order valence-electron chi connectivity index (χ2n) is 4.42. The van der Waals surface area contributed by atoms with Gasteiger partial charge in [-0.2, -0.15) is 5.10 Å². The summed E-state index contributed by atoms with van der Waals surface area (Å²) >= 11 is 0. The Morgan fingerprint density at radius 3 is 2.81 bits per heavy atom. The number of aryl methyl sites for hydroxylation is 1. The van der Waals surface area contributed by atoms with Gasteiger partial charge in [-0.15, -0.1) is 0 Å². The number of rotatable bonds is 1. The first kappa shape index (κ1) is 14.3. The van der Waals surface area contributed by atoms with Crippen LogP contribution >= 0.6 is 0 Å². The third-order valence-corrected chi connectivity index (χ3v) is 2.58. The molecule has 0 amide bonds. The molecule has 0 aromatic carbocycles. The maximum atomic E-state index is 11.0. The van der Waals surface area contributed by atoms with Gasteiger partial charge in [-0.05, 0) is 20.8 Å². The predicted octanol–water partition coefficient (Wildman–Crippen LogP) is -1.68. The fourth-order valence-electron chi connectivity index (χ4n) is 1.86. The fourth-order valence-corrected chi connectivity index (χ4v) is 1.86. The largest absolute Gasteiger partial charge is 1.00 e. The second-order valence-corrected chi connectivity index (χ2v) is 4.42. The number of ether oxygens (including phenoxy) is 1. The van der Waals surface area contributed by atoms with Crippen LogP contribution < -0.4 is 51.4 Å². The number of aromatic carboxylic acids is 1. The minimum Gasteiger partial charge on any atom is -1.00 e. The quantitative estimate of drug-likeness (QED) is 0.604. The Morgan fingerprint density at radius 2 is 2.25 bits per heavy atom. The van der Waals surface area contributed by atoms with Crippen molar-refractivity contribution in [3.05, 3.63) is 17.0 Å². The molecule has 0 atom stereocenters. The molecule has 0 spiro atoms. The van der Waals surface area contributed by atoms with Crippen molar-refractivity contribution in [2.75, 3.05) is 0 Å². The molecule has 0 unspecified atom stereocenters. The summed E-state index contributed by atoms with van der Waals surface area (Å²) in [6.07, 6.45) is 0. The van der Waals surface area contributed by atoms with Gasteiger partial charge in [-0.3, -0.25) is 4.68 Å². The number of nitrogens with zero attached hydrogens (tertiary/aromatic N) is 2. The van der Waals surface area contributed by atoms with Gasteiger partial charge in [0.2, 0.25) is 0 Å². The fraction of sp³-hybridized carbons (Fsp3) is 0.600. The molecule has 16 heavy (non-hydrogen) atoms. The van der Waals surface area contributed by atoms with Crippen LogP contribution in [0, 0.1) is 6.92 Å². The van der Waals surface area contributed by atoms with E-state index in [2.05, 4.69) is 5.10 Å². The van der Waals surface area contributed by atoms with Crippen molar-refractivity contribution in [1.82, 2.24) is 9.78 Å². The standard InChI is InChI=1S/C10H14N2O3.K.H/c1-6-8(9(13)14)7-4-15-10(2,3)5-12(7)11-6;;/h4-5H2,1-3H3,(H,13,14);;/q;+1;-1. The summed E-state index contributed by atoms with van der Waals surface area (Å²) in [5, 5.41) is 13.3. The Hall–Kier alpha value is 0.276. The van der Waals surface area contributed by atoms with Gasteiger partial charge in [0.25, 0.3) is 0 Å². The van der Waals surface area contributed by atoms with E-state index in [1.54, 1.807) is 11.6 Å². The molecule has 0 bridgehead atoms. The molecule has 6 heteroatoms. The molecule has 0 radical (unpaired) electrons. The first-order valence-corrected chi connectivity index (χ1v) is 4.84. The topological polar surface area (TPSA) is 64.4 Å². The van der Waals surface area contributed by atoms with Crippen LogP contribution in [-0.4, -0.2) is 26.5 Å². The van der Waals surface area contributed by atoms with E-state index >= 15 is 0 Å². The van der Waals surface area contributed by atoms with Crippen molar-refractivity contribution in [2.24, 2.45) is 0 Å². The van der Waals surface area contributed by atoms with Crippen molar-refractivity contribution in [2.45, 2.75) is 39.5 Å². The second kappa shape index (κ2) is 4.87. The van der Waals surface area contributed by atoms with Crippen molar-refractivity contribution in [3.63, 3.8) is 0 Å². The Morgan fingerprint density at radius 1 is 1.62 bits per heavy atom. The van der Waals surface area contributed by atoms with E-state index < -0.39 is 5.97 Å². The molecular formula is C10H15KN2O3. The zero-order chi connectivity index (χ0) is 11.2. The van der Waals surface area contributed by atoms with E-state index in [-0.39, 0.29) is 64.0 Å². The van der Waals surface area contributed by atoms with Crippen LogP contribution in [0.5, 0.6) is 0 Å². The molecule has 0 saturated carbocycles. The molecular weight excluding hydrogens is 235 g/mol. The Labute approximate surface area is 138 Å². The van der Waals surface area contributed by atoms with Gasteiger partial charge in [0.15, 0.2) is 0 Å². The maximum Gasteiger partial charge on any atom is 1.00 e. The summed E-state index contributed by atoms with van der Waals surface area (Å²) < 4.78 is 7.31. The minimum atomic E-state index is -0.933. The number of hydrogen-bond acceptors (Lipinski definition) is 3. The van der Waals surface area contributed by atoms with E-state index in [0.29, 0.717) is 24.5 Å². The first-order chi connectivity index (χ1) is 6.91. The van der Waals surface area contributed by atoms with Crippen LogP contribution in [0.3, 0.4) is 0 Å². The van der Waals surface area contributed by atoms with E-state index in [1.807, 2.05) is 13.8 Å². The summed E-state index contributed by atoms with van der Waals surface area (Å²) in [5.74, 6) is -0.933. The van der Waals surface area contributed by atoms with Gasteiger partial charge >= 0.3 is 57.4 Å². The van der Waals surface area contributed by atoms with Gasteiger partial charge in [0, 0.05) is 0 Å². The van der Waals surface area contributed by atoms with Crippen molar-refractivity contribution in [3.8, 4) is 0 Å². The third-order valence-electron chi connectivity index (χ3n) is 2.58. The van der Waals surface area contributed by atoms with E-state index in [1.165, 1.54) is 0 Å². The molecule has 2 heterocycles. The minimum absolute atomic E-state index is 0. The summed E-state index contributed by atoms with van der Waals surface area (Å²) in [7, 11) is 0. The molecule has 2 rings (SSSR count). The molecule has 1 aliphatic heterocycles. The number of hydrogen-bond donors (Lipinski definition) is 1. The van der Waals surface area contributed by atoms with Gasteiger partial charge in [0.1, 0.15) is 5.56 Å². The Kier molecular flexibility index (Phi) is 4.37.